The number of alkyl halides is 1. The zero-order valence-corrected chi connectivity index (χ0v) is 11.3. The molecule has 0 N–H and O–H groups in total. The Morgan fingerprint density at radius 2 is 2.19 bits per heavy atom. The molecule has 1 unspecified atom stereocenters. The first-order valence-corrected chi connectivity index (χ1v) is 6.08. The third kappa shape index (κ3) is 2.21. The van der Waals surface area contributed by atoms with E-state index < -0.39 is 0 Å². The summed E-state index contributed by atoms with van der Waals surface area (Å²) in [6.07, 6.45) is 0. The molecule has 4 nitrogen and oxygen atoms in total. The second-order valence-electron chi connectivity index (χ2n) is 3.16. The molecule has 0 fully saturated rings. The lowest BCUT2D eigenvalue weighted by Gasteiger charge is -2.07. The Labute approximate surface area is 111 Å². The number of hydrogen-bond acceptors (Lipinski definition) is 3. The van der Waals surface area contributed by atoms with Crippen LogP contribution in [0.4, 0.5) is 0 Å². The van der Waals surface area contributed by atoms with Crippen LogP contribution in [0.3, 0.4) is 0 Å². The Morgan fingerprint density at radius 1 is 1.44 bits per heavy atom. The standard InChI is InChI=1S/C9H7BrCl2N4/c1-5(11)9-13-14-15-16(9)8-4-6(12)2-3-7(8)10/h2-5H,1H3. The van der Waals surface area contributed by atoms with Gasteiger partial charge in [-0.05, 0) is 51.5 Å². The van der Waals surface area contributed by atoms with Crippen LogP contribution >= 0.6 is 39.1 Å². The SMILES string of the molecule is CC(Cl)c1nnnn1-c1cc(Cl)ccc1Br. The molecule has 1 heterocycles. The summed E-state index contributed by atoms with van der Waals surface area (Å²) in [6, 6.07) is 5.39. The Bertz CT molecular complexity index is 512. The summed E-state index contributed by atoms with van der Waals surface area (Å²) in [4.78, 5) is 0. The number of tetrazole rings is 1. The van der Waals surface area contributed by atoms with Gasteiger partial charge in [0.15, 0.2) is 5.82 Å². The van der Waals surface area contributed by atoms with Gasteiger partial charge in [-0.3, -0.25) is 0 Å². The monoisotopic (exact) mass is 320 g/mol. The number of benzene rings is 1. The molecule has 0 aliphatic rings. The molecule has 0 aliphatic carbocycles. The number of halogens is 3. The molecular formula is C9H7BrCl2N4. The van der Waals surface area contributed by atoms with Gasteiger partial charge in [-0.15, -0.1) is 16.7 Å². The second-order valence-corrected chi connectivity index (χ2v) is 5.11. The van der Waals surface area contributed by atoms with Gasteiger partial charge in [0.1, 0.15) is 0 Å². The average Bonchev–Trinajstić information content (AvgIpc) is 2.70. The largest absolute Gasteiger partial charge is 0.195 e. The van der Waals surface area contributed by atoms with Crippen molar-refractivity contribution in [1.82, 2.24) is 20.2 Å². The van der Waals surface area contributed by atoms with Crippen molar-refractivity contribution >= 4 is 39.1 Å². The van der Waals surface area contributed by atoms with Crippen molar-refractivity contribution in [2.75, 3.05) is 0 Å². The van der Waals surface area contributed by atoms with Crippen LogP contribution in [0.25, 0.3) is 5.69 Å². The van der Waals surface area contributed by atoms with Crippen LogP contribution in [-0.2, 0) is 0 Å². The van der Waals surface area contributed by atoms with E-state index in [-0.39, 0.29) is 5.38 Å². The molecule has 16 heavy (non-hydrogen) atoms. The molecule has 2 aromatic rings. The summed E-state index contributed by atoms with van der Waals surface area (Å²) in [5, 5.41) is 11.7. The van der Waals surface area contributed by atoms with Crippen LogP contribution < -0.4 is 0 Å². The molecule has 0 radical (unpaired) electrons. The highest BCUT2D eigenvalue weighted by atomic mass is 79.9. The first-order chi connectivity index (χ1) is 7.59. The van der Waals surface area contributed by atoms with E-state index in [1.165, 1.54) is 0 Å². The molecule has 0 saturated heterocycles. The van der Waals surface area contributed by atoms with Crippen LogP contribution in [0.15, 0.2) is 22.7 Å². The molecule has 2 rings (SSSR count). The molecule has 0 bridgehead atoms. The lowest BCUT2D eigenvalue weighted by atomic mass is 10.3. The van der Waals surface area contributed by atoms with Gasteiger partial charge in [-0.25, -0.2) is 0 Å². The Morgan fingerprint density at radius 3 is 2.88 bits per heavy atom. The maximum Gasteiger partial charge on any atom is 0.174 e. The summed E-state index contributed by atoms with van der Waals surface area (Å²) in [6.45, 7) is 1.81. The van der Waals surface area contributed by atoms with E-state index in [1.807, 2.05) is 13.0 Å². The van der Waals surface area contributed by atoms with E-state index in [2.05, 4.69) is 31.5 Å². The van der Waals surface area contributed by atoms with Crippen LogP contribution in [-0.4, -0.2) is 20.2 Å². The highest BCUT2D eigenvalue weighted by molar-refractivity contribution is 9.10. The maximum atomic E-state index is 5.98. The molecule has 7 heteroatoms. The summed E-state index contributed by atoms with van der Waals surface area (Å²) in [5.41, 5.74) is 0.764. The van der Waals surface area contributed by atoms with Gasteiger partial charge < -0.3 is 0 Å². The lowest BCUT2D eigenvalue weighted by Crippen LogP contribution is -2.04. The summed E-state index contributed by atoms with van der Waals surface area (Å²) in [5.74, 6) is 0.574. The fourth-order valence-corrected chi connectivity index (χ4v) is 1.98. The molecule has 1 aromatic heterocycles. The van der Waals surface area contributed by atoms with Gasteiger partial charge >= 0.3 is 0 Å². The van der Waals surface area contributed by atoms with Gasteiger partial charge in [-0.1, -0.05) is 11.6 Å². The molecular weight excluding hydrogens is 315 g/mol. The lowest BCUT2D eigenvalue weighted by molar-refractivity contribution is 0.758. The number of rotatable bonds is 2. The van der Waals surface area contributed by atoms with Crippen LogP contribution in [0.5, 0.6) is 0 Å². The minimum Gasteiger partial charge on any atom is -0.195 e. The van der Waals surface area contributed by atoms with Crippen molar-refractivity contribution in [2.45, 2.75) is 12.3 Å². The minimum atomic E-state index is -0.277. The predicted octanol–water partition coefficient (Wildman–Crippen LogP) is 3.38. The van der Waals surface area contributed by atoms with Gasteiger partial charge in [0.05, 0.1) is 11.1 Å². The summed E-state index contributed by atoms with van der Waals surface area (Å²) >= 11 is 15.3. The highest BCUT2D eigenvalue weighted by Gasteiger charge is 2.15. The topological polar surface area (TPSA) is 43.6 Å². The molecule has 84 valence electrons. The Kier molecular flexibility index (Phi) is 3.47. The van der Waals surface area contributed by atoms with E-state index >= 15 is 0 Å². The van der Waals surface area contributed by atoms with Crippen LogP contribution in [0, 0.1) is 0 Å². The van der Waals surface area contributed by atoms with Crippen LogP contribution in [0.2, 0.25) is 5.02 Å². The van der Waals surface area contributed by atoms with Crippen molar-refractivity contribution in [3.63, 3.8) is 0 Å². The van der Waals surface area contributed by atoms with E-state index in [0.29, 0.717) is 10.8 Å². The normalized spacial score (nSPS) is 12.8. The van der Waals surface area contributed by atoms with E-state index in [9.17, 15) is 0 Å². The second kappa shape index (κ2) is 4.69. The predicted molar refractivity (Wildman–Crippen MR) is 66.1 cm³/mol. The van der Waals surface area contributed by atoms with Crippen molar-refractivity contribution in [3.05, 3.63) is 33.5 Å². The van der Waals surface area contributed by atoms with Gasteiger partial charge in [0, 0.05) is 9.50 Å². The number of hydrogen-bond donors (Lipinski definition) is 0. The Hall–Kier alpha value is -0.650. The quantitative estimate of drug-likeness (QED) is 0.796. The first-order valence-electron chi connectivity index (χ1n) is 4.47. The van der Waals surface area contributed by atoms with E-state index in [1.54, 1.807) is 16.8 Å². The zero-order valence-electron chi connectivity index (χ0n) is 8.23. The van der Waals surface area contributed by atoms with Crippen molar-refractivity contribution in [2.24, 2.45) is 0 Å². The third-order valence-corrected chi connectivity index (χ3v) is 3.09. The fraction of sp³-hybridized carbons (Fsp3) is 0.222. The average molecular weight is 322 g/mol. The van der Waals surface area contributed by atoms with Gasteiger partial charge in [-0.2, -0.15) is 4.68 Å². The minimum absolute atomic E-state index is 0.277. The Balaban J connectivity index is 2.58. The van der Waals surface area contributed by atoms with Crippen LogP contribution in [0.1, 0.15) is 18.1 Å². The molecule has 1 atom stereocenters. The van der Waals surface area contributed by atoms with Crippen molar-refractivity contribution in [3.8, 4) is 5.69 Å². The molecule has 0 spiro atoms. The van der Waals surface area contributed by atoms with E-state index in [0.717, 1.165) is 10.2 Å². The molecule has 1 aromatic carbocycles. The van der Waals surface area contributed by atoms with Crippen molar-refractivity contribution in [1.29, 1.82) is 0 Å². The molecule has 0 amide bonds. The van der Waals surface area contributed by atoms with Gasteiger partial charge in [0.2, 0.25) is 0 Å². The molecule has 0 aliphatic heterocycles. The smallest absolute Gasteiger partial charge is 0.174 e. The zero-order chi connectivity index (χ0) is 11.7. The first kappa shape index (κ1) is 11.8. The summed E-state index contributed by atoms with van der Waals surface area (Å²) in [7, 11) is 0. The van der Waals surface area contributed by atoms with E-state index in [4.69, 9.17) is 23.2 Å². The maximum absolute atomic E-state index is 5.98. The third-order valence-electron chi connectivity index (χ3n) is 1.99. The van der Waals surface area contributed by atoms with Gasteiger partial charge in [0.25, 0.3) is 0 Å². The highest BCUT2D eigenvalue weighted by Crippen LogP contribution is 2.27. The number of nitrogens with zero attached hydrogens (tertiary/aromatic N) is 4. The summed E-state index contributed by atoms with van der Waals surface area (Å²) < 4.78 is 2.41. The number of aromatic nitrogens is 4. The van der Waals surface area contributed by atoms with Crippen molar-refractivity contribution < 1.29 is 0 Å². The molecule has 0 saturated carbocycles. The fourth-order valence-electron chi connectivity index (χ4n) is 1.26.